The van der Waals surface area contributed by atoms with Crippen LogP contribution in [-0.4, -0.2) is 11.0 Å². The molecule has 0 spiro atoms. The first-order valence-electron chi connectivity index (χ1n) is 7.03. The molecule has 0 radical (unpaired) electrons. The predicted molar refractivity (Wildman–Crippen MR) is 84.5 cm³/mol. The molecule has 1 aliphatic carbocycles. The first kappa shape index (κ1) is 12.9. The van der Waals surface area contributed by atoms with E-state index in [0.717, 1.165) is 15.9 Å². The highest BCUT2D eigenvalue weighted by Gasteiger charge is 2.19. The highest BCUT2D eigenvalue weighted by molar-refractivity contribution is 9.10. The Labute approximate surface area is 122 Å². The average Bonchev–Trinajstić information content (AvgIpc) is 2.38. The molecule has 2 atom stereocenters. The van der Waals surface area contributed by atoms with Gasteiger partial charge in [-0.15, -0.1) is 0 Å². The molecule has 1 heterocycles. The largest absolute Gasteiger partial charge is 0.381 e. The van der Waals surface area contributed by atoms with E-state index in [1.807, 2.05) is 6.20 Å². The highest BCUT2D eigenvalue weighted by Crippen LogP contribution is 2.29. The van der Waals surface area contributed by atoms with Gasteiger partial charge in [0.15, 0.2) is 0 Å². The zero-order valence-corrected chi connectivity index (χ0v) is 12.8. The second kappa shape index (κ2) is 5.49. The Morgan fingerprint density at radius 1 is 1.32 bits per heavy atom. The third-order valence-electron chi connectivity index (χ3n) is 3.97. The Morgan fingerprint density at radius 2 is 2.21 bits per heavy atom. The van der Waals surface area contributed by atoms with Crippen molar-refractivity contribution in [3.63, 3.8) is 0 Å². The van der Waals surface area contributed by atoms with Gasteiger partial charge in [-0.25, -0.2) is 0 Å². The fourth-order valence-electron chi connectivity index (χ4n) is 3.04. The van der Waals surface area contributed by atoms with Crippen LogP contribution in [0.1, 0.15) is 32.6 Å². The lowest BCUT2D eigenvalue weighted by atomic mass is 9.87. The SMILES string of the molecule is CC1CCCC(Nc2cccc3cc(Br)cnc23)C1. The Bertz CT molecular complexity index is 582. The molecule has 19 heavy (non-hydrogen) atoms. The molecule has 2 aromatic rings. The van der Waals surface area contributed by atoms with Crippen LogP contribution in [0.3, 0.4) is 0 Å². The summed E-state index contributed by atoms with van der Waals surface area (Å²) in [5.74, 6) is 0.836. The number of hydrogen-bond donors (Lipinski definition) is 1. The number of rotatable bonds is 2. The second-order valence-electron chi connectivity index (χ2n) is 5.64. The third kappa shape index (κ3) is 2.92. The van der Waals surface area contributed by atoms with Gasteiger partial charge in [0, 0.05) is 22.1 Å². The summed E-state index contributed by atoms with van der Waals surface area (Å²) in [4.78, 5) is 4.56. The van der Waals surface area contributed by atoms with Crippen molar-refractivity contribution in [2.24, 2.45) is 5.92 Å². The standard InChI is InChI=1S/C16H19BrN2/c1-11-4-2-6-14(8-11)19-15-7-3-5-12-9-13(17)10-18-16(12)15/h3,5,7,9-11,14,19H,2,4,6,8H2,1H3. The minimum atomic E-state index is 0.597. The molecular formula is C16H19BrN2. The van der Waals surface area contributed by atoms with Gasteiger partial charge in [-0.1, -0.05) is 31.9 Å². The molecule has 3 rings (SSSR count). The second-order valence-corrected chi connectivity index (χ2v) is 6.56. The molecule has 1 saturated carbocycles. The topological polar surface area (TPSA) is 24.9 Å². The van der Waals surface area contributed by atoms with Crippen molar-refractivity contribution < 1.29 is 0 Å². The number of nitrogens with one attached hydrogen (secondary N) is 1. The monoisotopic (exact) mass is 318 g/mol. The number of halogens is 1. The lowest BCUT2D eigenvalue weighted by Gasteiger charge is -2.28. The lowest BCUT2D eigenvalue weighted by Crippen LogP contribution is -2.26. The van der Waals surface area contributed by atoms with Gasteiger partial charge in [-0.2, -0.15) is 0 Å². The van der Waals surface area contributed by atoms with E-state index in [0.29, 0.717) is 6.04 Å². The quantitative estimate of drug-likeness (QED) is 0.843. The van der Waals surface area contributed by atoms with Crippen LogP contribution in [0.4, 0.5) is 5.69 Å². The number of aromatic nitrogens is 1. The average molecular weight is 319 g/mol. The summed E-state index contributed by atoms with van der Waals surface area (Å²) < 4.78 is 1.03. The highest BCUT2D eigenvalue weighted by atomic mass is 79.9. The molecule has 0 amide bonds. The third-order valence-corrected chi connectivity index (χ3v) is 4.41. The number of pyridine rings is 1. The van der Waals surface area contributed by atoms with Gasteiger partial charge in [0.05, 0.1) is 11.2 Å². The molecule has 1 N–H and O–H groups in total. The molecule has 3 heteroatoms. The van der Waals surface area contributed by atoms with E-state index >= 15 is 0 Å². The number of benzene rings is 1. The fourth-order valence-corrected chi connectivity index (χ4v) is 3.38. The fraction of sp³-hybridized carbons (Fsp3) is 0.438. The van der Waals surface area contributed by atoms with Crippen LogP contribution in [0, 0.1) is 5.92 Å². The summed E-state index contributed by atoms with van der Waals surface area (Å²) in [5, 5.41) is 4.88. The van der Waals surface area contributed by atoms with E-state index in [2.05, 4.69) is 57.4 Å². The number of hydrogen-bond acceptors (Lipinski definition) is 2. The van der Waals surface area contributed by atoms with Crippen LogP contribution >= 0.6 is 15.9 Å². The van der Waals surface area contributed by atoms with Crippen LogP contribution < -0.4 is 5.32 Å². The molecule has 0 aliphatic heterocycles. The van der Waals surface area contributed by atoms with E-state index < -0.39 is 0 Å². The van der Waals surface area contributed by atoms with E-state index in [9.17, 15) is 0 Å². The van der Waals surface area contributed by atoms with E-state index in [-0.39, 0.29) is 0 Å². The Hall–Kier alpha value is -1.09. The van der Waals surface area contributed by atoms with Crippen molar-refractivity contribution in [1.82, 2.24) is 4.98 Å². The van der Waals surface area contributed by atoms with E-state index in [4.69, 9.17) is 0 Å². The van der Waals surface area contributed by atoms with Gasteiger partial charge >= 0.3 is 0 Å². The van der Waals surface area contributed by atoms with Gasteiger partial charge in [-0.3, -0.25) is 4.98 Å². The maximum Gasteiger partial charge on any atom is 0.0934 e. The molecule has 0 bridgehead atoms. The first-order valence-corrected chi connectivity index (χ1v) is 7.82. The molecule has 2 unspecified atom stereocenters. The van der Waals surface area contributed by atoms with Crippen LogP contribution in [0.25, 0.3) is 10.9 Å². The summed E-state index contributed by atoms with van der Waals surface area (Å²) in [6.45, 7) is 2.35. The Balaban J connectivity index is 1.88. The van der Waals surface area contributed by atoms with Crippen LogP contribution in [0.2, 0.25) is 0 Å². The van der Waals surface area contributed by atoms with Crippen molar-refractivity contribution in [2.75, 3.05) is 5.32 Å². The van der Waals surface area contributed by atoms with Gasteiger partial charge < -0.3 is 5.32 Å². The molecule has 0 saturated heterocycles. The zero-order chi connectivity index (χ0) is 13.2. The zero-order valence-electron chi connectivity index (χ0n) is 11.2. The van der Waals surface area contributed by atoms with Crippen molar-refractivity contribution in [3.8, 4) is 0 Å². The minimum absolute atomic E-state index is 0.597. The maximum atomic E-state index is 4.56. The van der Waals surface area contributed by atoms with Crippen molar-refractivity contribution in [2.45, 2.75) is 38.6 Å². The summed E-state index contributed by atoms with van der Waals surface area (Å²) in [6.07, 6.45) is 7.13. The Morgan fingerprint density at radius 3 is 3.05 bits per heavy atom. The van der Waals surface area contributed by atoms with Crippen LogP contribution in [0.15, 0.2) is 34.9 Å². The molecule has 2 nitrogen and oxygen atoms in total. The molecular weight excluding hydrogens is 300 g/mol. The smallest absolute Gasteiger partial charge is 0.0934 e. The molecule has 1 aromatic heterocycles. The van der Waals surface area contributed by atoms with Crippen molar-refractivity contribution in [1.29, 1.82) is 0 Å². The number of nitrogens with zero attached hydrogens (tertiary/aromatic N) is 1. The van der Waals surface area contributed by atoms with Gasteiger partial charge in [0.1, 0.15) is 0 Å². The summed E-state index contributed by atoms with van der Waals surface area (Å²) >= 11 is 3.48. The molecule has 1 fully saturated rings. The van der Waals surface area contributed by atoms with Crippen LogP contribution in [-0.2, 0) is 0 Å². The first-order chi connectivity index (χ1) is 9.22. The van der Waals surface area contributed by atoms with E-state index in [1.165, 1.54) is 36.8 Å². The Kier molecular flexibility index (Phi) is 3.74. The van der Waals surface area contributed by atoms with E-state index in [1.54, 1.807) is 0 Å². The predicted octanol–water partition coefficient (Wildman–Crippen LogP) is 4.99. The molecule has 1 aromatic carbocycles. The normalized spacial score (nSPS) is 23.5. The van der Waals surface area contributed by atoms with Crippen molar-refractivity contribution in [3.05, 3.63) is 34.9 Å². The maximum absolute atomic E-state index is 4.56. The summed E-state index contributed by atoms with van der Waals surface area (Å²) in [7, 11) is 0. The minimum Gasteiger partial charge on any atom is -0.381 e. The number of para-hydroxylation sites is 1. The van der Waals surface area contributed by atoms with Gasteiger partial charge in [0.2, 0.25) is 0 Å². The number of anilines is 1. The van der Waals surface area contributed by atoms with Gasteiger partial charge in [0.25, 0.3) is 0 Å². The number of fused-ring (bicyclic) bond motifs is 1. The molecule has 100 valence electrons. The molecule has 1 aliphatic rings. The lowest BCUT2D eigenvalue weighted by molar-refractivity contribution is 0.359. The van der Waals surface area contributed by atoms with Crippen molar-refractivity contribution >= 4 is 32.5 Å². The summed E-state index contributed by atoms with van der Waals surface area (Å²) in [5.41, 5.74) is 2.24. The summed E-state index contributed by atoms with van der Waals surface area (Å²) in [6, 6.07) is 9.08. The van der Waals surface area contributed by atoms with Gasteiger partial charge in [-0.05, 0) is 46.8 Å². The van der Waals surface area contributed by atoms with Crippen LogP contribution in [0.5, 0.6) is 0 Å².